The Balaban J connectivity index is 1.57. The number of nitrogens with one attached hydrogen (secondary N) is 3. The number of hydrogen-bond acceptors (Lipinski definition) is 6. The van der Waals surface area contributed by atoms with Crippen molar-refractivity contribution in [2.45, 2.75) is 6.92 Å². The van der Waals surface area contributed by atoms with Crippen molar-refractivity contribution in [1.82, 2.24) is 19.9 Å². The van der Waals surface area contributed by atoms with Gasteiger partial charge in [-0.25, -0.2) is 4.98 Å². The predicted molar refractivity (Wildman–Crippen MR) is 118 cm³/mol. The van der Waals surface area contributed by atoms with Crippen molar-refractivity contribution < 1.29 is 0 Å². The topological polar surface area (TPSA) is 102 Å². The van der Waals surface area contributed by atoms with Crippen LogP contribution in [0.2, 0.25) is 0 Å². The number of aryl methyl sites for hydroxylation is 1. The average molecular weight is 391 g/mol. The first kappa shape index (κ1) is 17.6. The molecule has 0 saturated carbocycles. The Morgan fingerprint density at radius 3 is 2.60 bits per heavy atom. The number of nitrogens with zero attached hydrogens (tertiary/aromatic N) is 4. The first-order valence-corrected chi connectivity index (χ1v) is 9.45. The highest BCUT2D eigenvalue weighted by Gasteiger charge is 2.13. The number of fused-ring (bicyclic) bond motifs is 2. The van der Waals surface area contributed by atoms with Gasteiger partial charge in [-0.15, -0.1) is 0 Å². The fraction of sp³-hybridized carbons (Fsp3) is 0.0435. The Morgan fingerprint density at radius 2 is 1.77 bits per heavy atom. The van der Waals surface area contributed by atoms with E-state index in [9.17, 15) is 0 Å². The van der Waals surface area contributed by atoms with Crippen LogP contribution in [0.15, 0.2) is 67.0 Å². The molecule has 0 aliphatic rings. The number of imidazole rings is 1. The van der Waals surface area contributed by atoms with Crippen LogP contribution in [0.5, 0.6) is 0 Å². The molecule has 0 spiro atoms. The van der Waals surface area contributed by atoms with Crippen molar-refractivity contribution in [2.24, 2.45) is 0 Å². The molecular weight excluding hydrogens is 374 g/mol. The summed E-state index contributed by atoms with van der Waals surface area (Å²) in [5.74, 6) is 1.05. The van der Waals surface area contributed by atoms with E-state index in [0.29, 0.717) is 23.0 Å². The SMILES string of the molecule is Cc1ccc2ccccc2c1Nc1nc(Nc2ccc(C#N)cc2)nc2nc[nH]c12. The highest BCUT2D eigenvalue weighted by Crippen LogP contribution is 2.31. The number of nitriles is 1. The van der Waals surface area contributed by atoms with Gasteiger partial charge < -0.3 is 15.6 Å². The highest BCUT2D eigenvalue weighted by molar-refractivity contribution is 5.99. The molecule has 2 aromatic heterocycles. The zero-order valence-electron chi connectivity index (χ0n) is 16.1. The number of aromatic amines is 1. The number of anilines is 4. The Labute approximate surface area is 172 Å². The third kappa shape index (κ3) is 3.16. The molecule has 7 nitrogen and oxygen atoms in total. The molecule has 3 aromatic carbocycles. The second-order valence-electron chi connectivity index (χ2n) is 6.91. The lowest BCUT2D eigenvalue weighted by molar-refractivity contribution is 1.19. The molecule has 5 rings (SSSR count). The molecule has 0 aliphatic heterocycles. The lowest BCUT2D eigenvalue weighted by Gasteiger charge is -2.14. The molecule has 7 heteroatoms. The van der Waals surface area contributed by atoms with Crippen molar-refractivity contribution >= 4 is 45.1 Å². The molecule has 5 aromatic rings. The summed E-state index contributed by atoms with van der Waals surface area (Å²) in [5, 5.41) is 17.9. The Hall–Kier alpha value is -4.44. The highest BCUT2D eigenvalue weighted by atomic mass is 15.2. The Kier molecular flexibility index (Phi) is 4.23. The minimum Gasteiger partial charge on any atom is -0.340 e. The van der Waals surface area contributed by atoms with Gasteiger partial charge in [0, 0.05) is 11.1 Å². The first-order chi connectivity index (χ1) is 14.7. The normalized spacial score (nSPS) is 10.8. The van der Waals surface area contributed by atoms with E-state index in [1.54, 1.807) is 18.5 Å². The largest absolute Gasteiger partial charge is 0.340 e. The number of benzene rings is 3. The van der Waals surface area contributed by atoms with Gasteiger partial charge in [-0.05, 0) is 42.1 Å². The van der Waals surface area contributed by atoms with Crippen LogP contribution in [0.1, 0.15) is 11.1 Å². The fourth-order valence-electron chi connectivity index (χ4n) is 3.40. The van der Waals surface area contributed by atoms with Crippen molar-refractivity contribution in [1.29, 1.82) is 5.26 Å². The van der Waals surface area contributed by atoms with Gasteiger partial charge in [0.05, 0.1) is 23.6 Å². The van der Waals surface area contributed by atoms with Crippen molar-refractivity contribution in [3.63, 3.8) is 0 Å². The van der Waals surface area contributed by atoms with Gasteiger partial charge in [-0.3, -0.25) is 0 Å². The summed E-state index contributed by atoms with van der Waals surface area (Å²) < 4.78 is 0. The molecule has 0 unspecified atom stereocenters. The van der Waals surface area contributed by atoms with E-state index in [1.807, 2.05) is 24.3 Å². The van der Waals surface area contributed by atoms with Crippen LogP contribution in [-0.4, -0.2) is 19.9 Å². The molecule has 0 radical (unpaired) electrons. The molecule has 30 heavy (non-hydrogen) atoms. The molecule has 2 heterocycles. The molecule has 0 fully saturated rings. The molecule has 0 aliphatic carbocycles. The fourth-order valence-corrected chi connectivity index (χ4v) is 3.40. The minimum absolute atomic E-state index is 0.416. The lowest BCUT2D eigenvalue weighted by atomic mass is 10.0. The maximum atomic E-state index is 8.97. The summed E-state index contributed by atoms with van der Waals surface area (Å²) in [6.45, 7) is 2.07. The van der Waals surface area contributed by atoms with E-state index in [0.717, 1.165) is 33.2 Å². The van der Waals surface area contributed by atoms with Crippen LogP contribution in [-0.2, 0) is 0 Å². The maximum Gasteiger partial charge on any atom is 0.231 e. The van der Waals surface area contributed by atoms with E-state index in [2.05, 4.69) is 67.8 Å². The second kappa shape index (κ2) is 7.18. The standard InChI is InChI=1S/C23H17N7/c1-14-6-9-16-4-2-3-5-18(16)19(14)28-22-20-21(26-13-25-20)29-23(30-22)27-17-10-7-15(12-24)8-11-17/h2-11,13H,1H3,(H3,25,26,27,28,29,30). The summed E-state index contributed by atoms with van der Waals surface area (Å²) >= 11 is 0. The zero-order valence-corrected chi connectivity index (χ0v) is 16.1. The summed E-state index contributed by atoms with van der Waals surface area (Å²) in [6.07, 6.45) is 1.60. The van der Waals surface area contributed by atoms with E-state index in [-0.39, 0.29) is 0 Å². The Morgan fingerprint density at radius 1 is 0.933 bits per heavy atom. The predicted octanol–water partition coefficient (Wildman–Crippen LogP) is 5.17. The van der Waals surface area contributed by atoms with E-state index < -0.39 is 0 Å². The van der Waals surface area contributed by atoms with Gasteiger partial charge in [-0.2, -0.15) is 15.2 Å². The van der Waals surface area contributed by atoms with Gasteiger partial charge in [0.1, 0.15) is 5.52 Å². The maximum absolute atomic E-state index is 8.97. The molecule has 0 atom stereocenters. The van der Waals surface area contributed by atoms with Gasteiger partial charge in [0.25, 0.3) is 0 Å². The monoisotopic (exact) mass is 391 g/mol. The van der Waals surface area contributed by atoms with Crippen LogP contribution in [0.4, 0.5) is 23.1 Å². The summed E-state index contributed by atoms with van der Waals surface area (Å²) in [7, 11) is 0. The van der Waals surface area contributed by atoms with E-state index >= 15 is 0 Å². The molecule has 144 valence electrons. The number of H-pyrrole nitrogens is 1. The summed E-state index contributed by atoms with van der Waals surface area (Å²) in [5.41, 5.74) is 4.78. The third-order valence-corrected chi connectivity index (χ3v) is 4.94. The molecule has 3 N–H and O–H groups in total. The molecular formula is C23H17N7. The van der Waals surface area contributed by atoms with Crippen LogP contribution < -0.4 is 10.6 Å². The van der Waals surface area contributed by atoms with Crippen LogP contribution in [0, 0.1) is 18.3 Å². The summed E-state index contributed by atoms with van der Waals surface area (Å²) in [6, 6.07) is 21.7. The van der Waals surface area contributed by atoms with Crippen LogP contribution in [0.25, 0.3) is 21.9 Å². The Bertz CT molecular complexity index is 1410. The quantitative estimate of drug-likeness (QED) is 0.390. The van der Waals surface area contributed by atoms with Crippen molar-refractivity contribution in [3.05, 3.63) is 78.1 Å². The summed E-state index contributed by atoms with van der Waals surface area (Å²) in [4.78, 5) is 16.6. The third-order valence-electron chi connectivity index (χ3n) is 4.94. The van der Waals surface area contributed by atoms with Crippen LogP contribution in [0.3, 0.4) is 0 Å². The molecule has 0 saturated heterocycles. The van der Waals surface area contributed by atoms with Crippen molar-refractivity contribution in [2.75, 3.05) is 10.6 Å². The number of rotatable bonds is 4. The van der Waals surface area contributed by atoms with E-state index in [1.165, 1.54) is 0 Å². The van der Waals surface area contributed by atoms with Gasteiger partial charge >= 0.3 is 0 Å². The van der Waals surface area contributed by atoms with Gasteiger partial charge in [-0.1, -0.05) is 36.4 Å². The van der Waals surface area contributed by atoms with Crippen molar-refractivity contribution in [3.8, 4) is 6.07 Å². The first-order valence-electron chi connectivity index (χ1n) is 9.45. The number of hydrogen-bond donors (Lipinski definition) is 3. The smallest absolute Gasteiger partial charge is 0.231 e. The van der Waals surface area contributed by atoms with Crippen LogP contribution >= 0.6 is 0 Å². The van der Waals surface area contributed by atoms with Gasteiger partial charge in [0.15, 0.2) is 11.5 Å². The minimum atomic E-state index is 0.416. The van der Waals surface area contributed by atoms with Gasteiger partial charge in [0.2, 0.25) is 5.95 Å². The van der Waals surface area contributed by atoms with E-state index in [4.69, 9.17) is 5.26 Å². The number of aromatic nitrogens is 4. The molecule has 0 bridgehead atoms. The zero-order chi connectivity index (χ0) is 20.5. The lowest BCUT2D eigenvalue weighted by Crippen LogP contribution is -2.03. The average Bonchev–Trinajstić information content (AvgIpc) is 3.25. The molecule has 0 amide bonds. The second-order valence-corrected chi connectivity index (χ2v) is 6.91.